The number of carbonyl (C=O) groups excluding carboxylic acids is 1. The molecule has 0 aromatic heterocycles. The Morgan fingerprint density at radius 3 is 2.10 bits per heavy atom. The van der Waals surface area contributed by atoms with Crippen molar-refractivity contribution < 1.29 is 4.79 Å². The van der Waals surface area contributed by atoms with Crippen LogP contribution in [0.5, 0.6) is 0 Å². The van der Waals surface area contributed by atoms with Gasteiger partial charge < -0.3 is 4.90 Å². The number of fused-ring (bicyclic) bond motifs is 1. The molecule has 0 saturated carbocycles. The van der Waals surface area contributed by atoms with E-state index in [0.29, 0.717) is 16.5 Å². The summed E-state index contributed by atoms with van der Waals surface area (Å²) in [7, 11) is 3.76. The Labute approximate surface area is 189 Å². The minimum Gasteiger partial charge on any atom is -0.304 e. The van der Waals surface area contributed by atoms with Gasteiger partial charge in [-0.3, -0.25) is 4.79 Å². The van der Waals surface area contributed by atoms with Crippen LogP contribution in [-0.4, -0.2) is 49.5 Å². The van der Waals surface area contributed by atoms with Crippen LogP contribution in [0.15, 0.2) is 42.5 Å². The van der Waals surface area contributed by atoms with E-state index in [0.717, 1.165) is 36.4 Å². The van der Waals surface area contributed by atoms with Crippen LogP contribution in [0.2, 0.25) is 10.0 Å². The summed E-state index contributed by atoms with van der Waals surface area (Å²) in [6, 6.07) is 13.4. The molecule has 158 valence electrons. The molecule has 0 N–H and O–H groups in total. The molecule has 1 aliphatic rings. The Morgan fingerprint density at radius 2 is 1.55 bits per heavy atom. The van der Waals surface area contributed by atoms with Gasteiger partial charge in [-0.1, -0.05) is 55.2 Å². The minimum absolute atomic E-state index is 0. The largest absolute Gasteiger partial charge is 0.304 e. The smallest absolute Gasteiger partial charge is 0.256 e. The molecule has 4 nitrogen and oxygen atoms in total. The van der Waals surface area contributed by atoms with Crippen molar-refractivity contribution in [3.63, 3.8) is 0 Å². The number of nitrogens with zero attached hydrogens (tertiary/aromatic N) is 3. The lowest BCUT2D eigenvalue weighted by Crippen LogP contribution is -2.48. The van der Waals surface area contributed by atoms with Crippen LogP contribution in [-0.2, 0) is 10.2 Å². The molecule has 1 aliphatic heterocycles. The maximum Gasteiger partial charge on any atom is 0.256 e. The summed E-state index contributed by atoms with van der Waals surface area (Å²) in [5.74, 6) is 0.0456. The number of carbonyl (C=O) groups is 1. The van der Waals surface area contributed by atoms with Crippen molar-refractivity contribution >= 4 is 47.2 Å². The number of amides is 1. The van der Waals surface area contributed by atoms with Gasteiger partial charge in [-0.2, -0.15) is 0 Å². The second-order valence-corrected chi connectivity index (χ2v) is 8.19. The van der Waals surface area contributed by atoms with E-state index in [2.05, 4.69) is 18.7 Å². The van der Waals surface area contributed by atoms with E-state index < -0.39 is 5.41 Å². The Morgan fingerprint density at radius 1 is 0.966 bits per heavy atom. The first-order valence-electron chi connectivity index (χ1n) is 9.65. The minimum atomic E-state index is -0.766. The highest BCUT2D eigenvalue weighted by atomic mass is 35.5. The third-order valence-corrected chi connectivity index (χ3v) is 6.13. The zero-order chi connectivity index (χ0) is 20.5. The van der Waals surface area contributed by atoms with Gasteiger partial charge in [0, 0.05) is 24.1 Å². The topological polar surface area (TPSA) is 26.8 Å². The monoisotopic (exact) mass is 455 g/mol. The summed E-state index contributed by atoms with van der Waals surface area (Å²) >= 11 is 12.4. The Bertz CT molecular complexity index is 853. The molecule has 3 rings (SSSR count). The number of rotatable bonds is 7. The van der Waals surface area contributed by atoms with E-state index in [1.807, 2.05) is 61.6 Å². The van der Waals surface area contributed by atoms with Crippen LogP contribution in [0.1, 0.15) is 31.4 Å². The number of hydrogen-bond donors (Lipinski definition) is 0. The molecule has 29 heavy (non-hydrogen) atoms. The highest BCUT2D eigenvalue weighted by Gasteiger charge is 2.52. The lowest BCUT2D eigenvalue weighted by molar-refractivity contribution is -0.124. The zero-order valence-corrected chi connectivity index (χ0v) is 19.6. The Balaban J connectivity index is 0.00000300. The van der Waals surface area contributed by atoms with Crippen LogP contribution in [0.3, 0.4) is 0 Å². The predicted octanol–water partition coefficient (Wildman–Crippen LogP) is 5.26. The summed E-state index contributed by atoms with van der Waals surface area (Å²) in [6.45, 7) is 7.02. The third-order valence-electron chi connectivity index (χ3n) is 5.64. The van der Waals surface area contributed by atoms with Gasteiger partial charge in [0.15, 0.2) is 0 Å². The first kappa shape index (κ1) is 24.0. The van der Waals surface area contributed by atoms with Crippen LogP contribution in [0.4, 0.5) is 5.69 Å². The zero-order valence-electron chi connectivity index (χ0n) is 17.3. The van der Waals surface area contributed by atoms with Crippen LogP contribution in [0, 0.1) is 0 Å². The lowest BCUT2D eigenvalue weighted by Gasteiger charge is -2.33. The first-order chi connectivity index (χ1) is 13.3. The van der Waals surface area contributed by atoms with Crippen LogP contribution in [0.25, 0.3) is 0 Å². The van der Waals surface area contributed by atoms with E-state index in [1.54, 1.807) is 5.01 Å². The fraction of sp³-hybridized carbons (Fsp3) is 0.409. The number of hydrogen-bond acceptors (Lipinski definition) is 3. The third kappa shape index (κ3) is 4.28. The van der Waals surface area contributed by atoms with Crippen molar-refractivity contribution in [1.29, 1.82) is 0 Å². The Hall–Kier alpha value is -1.30. The fourth-order valence-electron chi connectivity index (χ4n) is 4.11. The molecule has 0 bridgehead atoms. The van der Waals surface area contributed by atoms with Crippen molar-refractivity contribution in [1.82, 2.24) is 9.91 Å². The molecule has 1 unspecified atom stereocenters. The molecule has 1 amide bonds. The molecular weight excluding hydrogens is 429 g/mol. The number of benzene rings is 2. The summed E-state index contributed by atoms with van der Waals surface area (Å²) < 4.78 is 0. The average Bonchev–Trinajstić information content (AvgIpc) is 2.91. The van der Waals surface area contributed by atoms with E-state index in [-0.39, 0.29) is 18.3 Å². The van der Waals surface area contributed by atoms with Crippen LogP contribution >= 0.6 is 35.6 Å². The quantitative estimate of drug-likeness (QED) is 0.569. The molecule has 1 heterocycles. The van der Waals surface area contributed by atoms with E-state index in [9.17, 15) is 4.79 Å². The fourth-order valence-corrected chi connectivity index (χ4v) is 4.40. The van der Waals surface area contributed by atoms with Crippen LogP contribution < -0.4 is 5.01 Å². The average molecular weight is 457 g/mol. The summed E-state index contributed by atoms with van der Waals surface area (Å²) in [6.07, 6.45) is 0.689. The maximum atomic E-state index is 13.9. The van der Waals surface area contributed by atoms with Gasteiger partial charge in [0.2, 0.25) is 0 Å². The van der Waals surface area contributed by atoms with E-state index >= 15 is 0 Å². The molecule has 2 aromatic carbocycles. The van der Waals surface area contributed by atoms with Gasteiger partial charge in [-0.15, -0.1) is 12.4 Å². The van der Waals surface area contributed by atoms with Crippen molar-refractivity contribution in [2.24, 2.45) is 0 Å². The highest BCUT2D eigenvalue weighted by Crippen LogP contribution is 2.49. The van der Waals surface area contributed by atoms with Crippen molar-refractivity contribution in [3.8, 4) is 0 Å². The number of hydrazine groups is 1. The molecule has 0 radical (unpaired) electrons. The molecule has 2 aromatic rings. The summed E-state index contributed by atoms with van der Waals surface area (Å²) in [5.41, 5.74) is 2.03. The number of anilines is 1. The molecule has 7 heteroatoms. The highest BCUT2D eigenvalue weighted by molar-refractivity contribution is 6.31. The second kappa shape index (κ2) is 9.67. The molecule has 0 aliphatic carbocycles. The van der Waals surface area contributed by atoms with Gasteiger partial charge in [-0.05, 0) is 61.4 Å². The molecular formula is C22H28Cl3N3O. The Kier molecular flexibility index (Phi) is 8.00. The number of halogens is 3. The van der Waals surface area contributed by atoms with E-state index in [4.69, 9.17) is 23.2 Å². The van der Waals surface area contributed by atoms with Gasteiger partial charge >= 0.3 is 0 Å². The normalized spacial score (nSPS) is 18.3. The predicted molar refractivity (Wildman–Crippen MR) is 125 cm³/mol. The molecule has 0 spiro atoms. The maximum absolute atomic E-state index is 13.9. The van der Waals surface area contributed by atoms with Gasteiger partial charge in [0.25, 0.3) is 5.91 Å². The van der Waals surface area contributed by atoms with Gasteiger partial charge in [0.1, 0.15) is 5.41 Å². The first-order valence-corrected chi connectivity index (χ1v) is 10.4. The summed E-state index contributed by atoms with van der Waals surface area (Å²) in [5, 5.41) is 4.84. The SMILES string of the molecule is CCN(CC)CCC1(c2ccc(Cl)cc2)C(=O)N(N(C)C)c2cc(Cl)ccc21.Cl. The molecule has 1 atom stereocenters. The van der Waals surface area contributed by atoms with Crippen molar-refractivity contribution in [2.45, 2.75) is 25.7 Å². The summed E-state index contributed by atoms with van der Waals surface area (Å²) in [4.78, 5) is 16.2. The second-order valence-electron chi connectivity index (χ2n) is 7.31. The molecule has 0 saturated heterocycles. The van der Waals surface area contributed by atoms with Gasteiger partial charge in [0.05, 0.1) is 5.69 Å². The van der Waals surface area contributed by atoms with Crippen molar-refractivity contribution in [3.05, 3.63) is 63.6 Å². The van der Waals surface area contributed by atoms with Crippen molar-refractivity contribution in [2.75, 3.05) is 38.7 Å². The van der Waals surface area contributed by atoms with E-state index in [1.165, 1.54) is 0 Å². The lowest BCUT2D eigenvalue weighted by atomic mass is 9.72. The van der Waals surface area contributed by atoms with Gasteiger partial charge in [-0.25, -0.2) is 10.0 Å². The standard InChI is InChI=1S/C22H27Cl2N3O.ClH/c1-5-26(6-2)14-13-22(16-7-9-17(23)10-8-16)19-12-11-18(24)15-20(19)27(21(22)28)25(3)4;/h7-12,15H,5-6,13-14H2,1-4H3;1H. The molecule has 0 fully saturated rings.